The molecule has 0 atom stereocenters. The van der Waals surface area contributed by atoms with E-state index in [1.165, 1.54) is 12.8 Å². The summed E-state index contributed by atoms with van der Waals surface area (Å²) in [5.74, 6) is 3.24. The van der Waals surface area contributed by atoms with Crippen molar-refractivity contribution in [3.8, 4) is 5.75 Å². The highest BCUT2D eigenvalue weighted by atomic mass is 32.2. The third-order valence-corrected chi connectivity index (χ3v) is 4.32. The third-order valence-electron chi connectivity index (χ3n) is 3.40. The molecule has 1 aromatic carbocycles. The first-order chi connectivity index (χ1) is 9.66. The van der Waals surface area contributed by atoms with Crippen molar-refractivity contribution >= 4 is 17.7 Å². The van der Waals surface area contributed by atoms with Gasteiger partial charge >= 0.3 is 0 Å². The molecule has 1 amide bonds. The van der Waals surface area contributed by atoms with Gasteiger partial charge in [0, 0.05) is 12.3 Å². The zero-order valence-corrected chi connectivity index (χ0v) is 13.1. The number of nitrogens with one attached hydrogen (secondary N) is 1. The number of hydrogen-bond acceptors (Lipinski definition) is 3. The Morgan fingerprint density at radius 2 is 2.05 bits per heavy atom. The molecule has 0 spiro atoms. The molecule has 0 unspecified atom stereocenters. The van der Waals surface area contributed by atoms with Crippen molar-refractivity contribution in [2.24, 2.45) is 5.92 Å². The second-order valence-electron chi connectivity index (χ2n) is 5.37. The van der Waals surface area contributed by atoms with E-state index >= 15 is 0 Å². The molecule has 3 nitrogen and oxygen atoms in total. The topological polar surface area (TPSA) is 38.3 Å². The molecule has 0 aliphatic heterocycles. The summed E-state index contributed by atoms with van der Waals surface area (Å²) < 4.78 is 5.81. The highest BCUT2D eigenvalue weighted by Gasteiger charge is 2.21. The maximum atomic E-state index is 11.5. The Balaban J connectivity index is 1.57. The van der Waals surface area contributed by atoms with Crippen LogP contribution in [0.5, 0.6) is 5.75 Å². The fraction of sp³-hybridized carbons (Fsp3) is 0.562. The fourth-order valence-corrected chi connectivity index (χ4v) is 2.66. The summed E-state index contributed by atoms with van der Waals surface area (Å²) in [6.07, 6.45) is 2.55. The van der Waals surface area contributed by atoms with Crippen molar-refractivity contribution < 1.29 is 9.53 Å². The van der Waals surface area contributed by atoms with Crippen LogP contribution in [0.15, 0.2) is 18.2 Å². The van der Waals surface area contributed by atoms with Crippen LogP contribution in [0.4, 0.5) is 0 Å². The van der Waals surface area contributed by atoms with E-state index < -0.39 is 0 Å². The van der Waals surface area contributed by atoms with Gasteiger partial charge in [0.1, 0.15) is 5.75 Å². The summed E-state index contributed by atoms with van der Waals surface area (Å²) in [7, 11) is 0. The van der Waals surface area contributed by atoms with Crippen molar-refractivity contribution in [3.63, 3.8) is 0 Å². The molecule has 0 heterocycles. The van der Waals surface area contributed by atoms with Crippen molar-refractivity contribution in [2.45, 2.75) is 26.7 Å². The fourth-order valence-electron chi connectivity index (χ4n) is 2.03. The lowest BCUT2D eigenvalue weighted by atomic mass is 10.1. The van der Waals surface area contributed by atoms with E-state index in [2.05, 4.69) is 31.3 Å². The lowest BCUT2D eigenvalue weighted by Gasteiger charge is -2.11. The molecule has 1 N–H and O–H groups in total. The van der Waals surface area contributed by atoms with Gasteiger partial charge in [-0.05, 0) is 43.7 Å². The number of aryl methyl sites for hydroxylation is 2. The van der Waals surface area contributed by atoms with Crippen molar-refractivity contribution in [1.29, 1.82) is 0 Å². The van der Waals surface area contributed by atoms with Gasteiger partial charge in [-0.15, -0.1) is 11.8 Å². The van der Waals surface area contributed by atoms with Crippen LogP contribution in [-0.4, -0.2) is 30.6 Å². The van der Waals surface area contributed by atoms with Crippen LogP contribution in [0.1, 0.15) is 24.0 Å². The molecular formula is C16H23NO2S. The zero-order valence-electron chi connectivity index (χ0n) is 12.3. The number of hydrogen-bond donors (Lipinski definition) is 1. The summed E-state index contributed by atoms with van der Waals surface area (Å²) >= 11 is 1.63. The lowest BCUT2D eigenvalue weighted by molar-refractivity contribution is -0.118. The highest BCUT2D eigenvalue weighted by molar-refractivity contribution is 7.99. The quantitative estimate of drug-likeness (QED) is 0.749. The molecule has 110 valence electrons. The van der Waals surface area contributed by atoms with Crippen molar-refractivity contribution in [2.75, 3.05) is 24.7 Å². The van der Waals surface area contributed by atoms with Crippen LogP contribution in [0.25, 0.3) is 0 Å². The van der Waals surface area contributed by atoms with Crippen LogP contribution in [0, 0.1) is 19.8 Å². The summed E-state index contributed by atoms with van der Waals surface area (Å²) in [6.45, 7) is 5.62. The molecule has 0 aromatic heterocycles. The average Bonchev–Trinajstić information content (AvgIpc) is 3.23. The van der Waals surface area contributed by atoms with Crippen molar-refractivity contribution in [3.05, 3.63) is 29.3 Å². The van der Waals surface area contributed by atoms with E-state index in [0.717, 1.165) is 35.1 Å². The van der Waals surface area contributed by atoms with Gasteiger partial charge < -0.3 is 10.1 Å². The molecule has 0 bridgehead atoms. The Labute approximate surface area is 125 Å². The minimum absolute atomic E-state index is 0.147. The second kappa shape index (κ2) is 7.58. The number of amides is 1. The molecular weight excluding hydrogens is 270 g/mol. The monoisotopic (exact) mass is 293 g/mol. The Morgan fingerprint density at radius 1 is 1.35 bits per heavy atom. The molecule has 2 rings (SSSR count). The van der Waals surface area contributed by atoms with E-state index in [4.69, 9.17) is 4.74 Å². The zero-order chi connectivity index (χ0) is 14.4. The number of rotatable bonds is 8. The van der Waals surface area contributed by atoms with E-state index in [0.29, 0.717) is 12.4 Å². The standard InChI is InChI=1S/C16H23NO2S/c1-12-4-3-5-13(2)16(12)19-8-9-20-11-15(18)17-10-14-6-7-14/h3-5,14H,6-11H2,1-2H3,(H,17,18). The van der Waals surface area contributed by atoms with Gasteiger partial charge in [-0.25, -0.2) is 0 Å². The number of ether oxygens (including phenoxy) is 1. The Hall–Kier alpha value is -1.16. The first-order valence-corrected chi connectivity index (χ1v) is 8.35. The molecule has 1 fully saturated rings. The molecule has 20 heavy (non-hydrogen) atoms. The maximum Gasteiger partial charge on any atom is 0.230 e. The predicted molar refractivity (Wildman–Crippen MR) is 84.5 cm³/mol. The minimum Gasteiger partial charge on any atom is -0.492 e. The predicted octanol–water partition coefficient (Wildman–Crippen LogP) is 2.94. The smallest absolute Gasteiger partial charge is 0.230 e. The molecule has 1 aliphatic carbocycles. The van der Waals surface area contributed by atoms with Gasteiger partial charge in [-0.2, -0.15) is 0 Å². The van der Waals surface area contributed by atoms with Gasteiger partial charge in [0.2, 0.25) is 5.91 Å². The number of carbonyl (C=O) groups is 1. The largest absolute Gasteiger partial charge is 0.492 e. The second-order valence-corrected chi connectivity index (χ2v) is 6.47. The summed E-state index contributed by atoms with van der Waals surface area (Å²) in [4.78, 5) is 11.5. The van der Waals surface area contributed by atoms with E-state index in [9.17, 15) is 4.79 Å². The molecule has 1 saturated carbocycles. The number of para-hydroxylation sites is 1. The minimum atomic E-state index is 0.147. The Morgan fingerprint density at radius 3 is 2.70 bits per heavy atom. The van der Waals surface area contributed by atoms with Crippen LogP contribution in [0.3, 0.4) is 0 Å². The first-order valence-electron chi connectivity index (χ1n) is 7.20. The lowest BCUT2D eigenvalue weighted by Crippen LogP contribution is -2.27. The van der Waals surface area contributed by atoms with Gasteiger partial charge in [0.15, 0.2) is 0 Å². The van der Waals surface area contributed by atoms with Crippen LogP contribution >= 0.6 is 11.8 Å². The van der Waals surface area contributed by atoms with Gasteiger partial charge in [-0.3, -0.25) is 4.79 Å². The molecule has 1 aliphatic rings. The first kappa shape index (κ1) is 15.2. The molecule has 0 radical (unpaired) electrons. The average molecular weight is 293 g/mol. The van der Waals surface area contributed by atoms with Crippen LogP contribution in [0.2, 0.25) is 0 Å². The van der Waals surface area contributed by atoms with Crippen molar-refractivity contribution in [1.82, 2.24) is 5.32 Å². The third kappa shape index (κ3) is 5.08. The van der Waals surface area contributed by atoms with Crippen LogP contribution < -0.4 is 10.1 Å². The molecule has 4 heteroatoms. The van der Waals surface area contributed by atoms with E-state index in [-0.39, 0.29) is 5.91 Å². The molecule has 1 aromatic rings. The van der Waals surface area contributed by atoms with Gasteiger partial charge in [0.25, 0.3) is 0 Å². The van der Waals surface area contributed by atoms with E-state index in [1.807, 2.05) is 6.07 Å². The van der Waals surface area contributed by atoms with Gasteiger partial charge in [0.05, 0.1) is 12.4 Å². The number of benzene rings is 1. The summed E-state index contributed by atoms with van der Waals surface area (Å²) in [6, 6.07) is 6.15. The molecule has 0 saturated heterocycles. The summed E-state index contributed by atoms with van der Waals surface area (Å²) in [5, 5.41) is 2.97. The summed E-state index contributed by atoms with van der Waals surface area (Å²) in [5.41, 5.74) is 2.33. The van der Waals surface area contributed by atoms with Crippen LogP contribution in [-0.2, 0) is 4.79 Å². The highest BCUT2D eigenvalue weighted by Crippen LogP contribution is 2.27. The maximum absolute atomic E-state index is 11.5. The Kier molecular flexibility index (Phi) is 5.77. The number of thioether (sulfide) groups is 1. The number of carbonyl (C=O) groups excluding carboxylic acids is 1. The Bertz CT molecular complexity index is 438. The normalized spacial score (nSPS) is 14.1. The van der Waals surface area contributed by atoms with E-state index in [1.54, 1.807) is 11.8 Å². The SMILES string of the molecule is Cc1cccc(C)c1OCCSCC(=O)NCC1CC1. The van der Waals surface area contributed by atoms with Gasteiger partial charge in [-0.1, -0.05) is 18.2 Å².